The van der Waals surface area contributed by atoms with Crippen LogP contribution in [0.2, 0.25) is 0 Å². The molecule has 6 rings (SSSR count). The molecule has 6 nitrogen and oxygen atoms in total. The van der Waals surface area contributed by atoms with Gasteiger partial charge in [-0.2, -0.15) is 0 Å². The first-order valence-corrected chi connectivity index (χ1v) is 11.5. The normalized spacial score (nSPS) is 16.1. The van der Waals surface area contributed by atoms with E-state index in [0.717, 1.165) is 73.8 Å². The number of aromatic nitrogens is 2. The number of carbonyl (C=O) groups is 1. The lowest BCUT2D eigenvalue weighted by atomic mass is 10.1. The summed E-state index contributed by atoms with van der Waals surface area (Å²) < 4.78 is 7.66. The lowest BCUT2D eigenvalue weighted by Gasteiger charge is -2.35. The van der Waals surface area contributed by atoms with Crippen LogP contribution < -0.4 is 4.74 Å². The molecule has 0 saturated carbocycles. The van der Waals surface area contributed by atoms with Gasteiger partial charge in [-0.25, -0.2) is 4.98 Å². The minimum atomic E-state index is 0.103. The second kappa shape index (κ2) is 8.37. The summed E-state index contributed by atoms with van der Waals surface area (Å²) in [5.74, 6) is 1.13. The quantitative estimate of drug-likeness (QED) is 0.485. The topological polar surface area (TPSA) is 50.6 Å². The first kappa shape index (κ1) is 20.0. The fourth-order valence-corrected chi connectivity index (χ4v) is 4.82. The number of ether oxygens (including phenoxy) is 1. The van der Waals surface area contributed by atoms with Crippen molar-refractivity contribution in [3.63, 3.8) is 0 Å². The fraction of sp³-hybridized carbons (Fsp3) is 0.259. The first-order valence-electron chi connectivity index (χ1n) is 11.5. The minimum absolute atomic E-state index is 0.103. The number of imidazole rings is 1. The van der Waals surface area contributed by atoms with Crippen molar-refractivity contribution in [2.75, 3.05) is 32.8 Å². The summed E-state index contributed by atoms with van der Waals surface area (Å²) in [6, 6.07) is 22.4. The van der Waals surface area contributed by atoms with Crippen molar-refractivity contribution in [1.29, 1.82) is 0 Å². The Morgan fingerprint density at radius 2 is 1.76 bits per heavy atom. The highest BCUT2D eigenvalue weighted by Gasteiger charge is 2.23. The van der Waals surface area contributed by atoms with Crippen molar-refractivity contribution in [3.05, 3.63) is 89.7 Å². The molecule has 0 aliphatic carbocycles. The molecule has 1 fully saturated rings. The molecule has 1 aromatic heterocycles. The smallest absolute Gasteiger partial charge is 0.253 e. The number of piperazine rings is 1. The average Bonchev–Trinajstić information content (AvgIpc) is 3.51. The lowest BCUT2D eigenvalue weighted by Crippen LogP contribution is -2.48. The minimum Gasteiger partial charge on any atom is -0.493 e. The highest BCUT2D eigenvalue weighted by atomic mass is 16.5. The van der Waals surface area contributed by atoms with E-state index in [1.165, 1.54) is 11.1 Å². The third-order valence-corrected chi connectivity index (χ3v) is 6.67. The molecular weight excluding hydrogens is 412 g/mol. The van der Waals surface area contributed by atoms with Crippen LogP contribution in [0.5, 0.6) is 5.75 Å². The molecule has 4 aromatic rings. The number of para-hydroxylation sites is 2. The van der Waals surface area contributed by atoms with E-state index in [0.29, 0.717) is 0 Å². The van der Waals surface area contributed by atoms with E-state index in [1.54, 1.807) is 0 Å². The molecule has 0 unspecified atom stereocenters. The summed E-state index contributed by atoms with van der Waals surface area (Å²) in [5.41, 5.74) is 6.39. The highest BCUT2D eigenvalue weighted by molar-refractivity contribution is 5.94. The number of nitrogens with zero attached hydrogens (tertiary/aromatic N) is 4. The van der Waals surface area contributed by atoms with Gasteiger partial charge < -0.3 is 9.64 Å². The maximum absolute atomic E-state index is 13.1. The van der Waals surface area contributed by atoms with E-state index in [4.69, 9.17) is 4.74 Å². The van der Waals surface area contributed by atoms with Crippen LogP contribution in [0.25, 0.3) is 16.7 Å². The fourth-order valence-electron chi connectivity index (χ4n) is 4.82. The van der Waals surface area contributed by atoms with Gasteiger partial charge in [0.1, 0.15) is 12.1 Å². The summed E-state index contributed by atoms with van der Waals surface area (Å²) in [7, 11) is 0. The van der Waals surface area contributed by atoms with Crippen molar-refractivity contribution in [3.8, 4) is 11.4 Å². The van der Waals surface area contributed by atoms with E-state index < -0.39 is 0 Å². The van der Waals surface area contributed by atoms with Gasteiger partial charge in [0.15, 0.2) is 0 Å². The summed E-state index contributed by atoms with van der Waals surface area (Å²) >= 11 is 0. The maximum Gasteiger partial charge on any atom is 0.253 e. The SMILES string of the molecule is O=C(c1ccc(-n2cnc3ccccc32)cc1)N1CCN(Cc2ccc3c(c2)CCO3)CC1. The van der Waals surface area contributed by atoms with Gasteiger partial charge in [0.25, 0.3) is 5.91 Å². The Kier molecular flexibility index (Phi) is 5.07. The van der Waals surface area contributed by atoms with E-state index in [2.05, 4.69) is 34.1 Å². The molecule has 1 amide bonds. The van der Waals surface area contributed by atoms with Crippen LogP contribution >= 0.6 is 0 Å². The monoisotopic (exact) mass is 438 g/mol. The Morgan fingerprint density at radius 3 is 2.61 bits per heavy atom. The Hall–Kier alpha value is -3.64. The molecule has 33 heavy (non-hydrogen) atoms. The molecule has 1 saturated heterocycles. The number of fused-ring (bicyclic) bond motifs is 2. The van der Waals surface area contributed by atoms with Crippen LogP contribution in [0.3, 0.4) is 0 Å². The van der Waals surface area contributed by atoms with E-state index in [-0.39, 0.29) is 5.91 Å². The third kappa shape index (κ3) is 3.87. The average molecular weight is 439 g/mol. The van der Waals surface area contributed by atoms with Crippen molar-refractivity contribution >= 4 is 16.9 Å². The van der Waals surface area contributed by atoms with Crippen LogP contribution in [0.1, 0.15) is 21.5 Å². The van der Waals surface area contributed by atoms with E-state index >= 15 is 0 Å². The van der Waals surface area contributed by atoms with Gasteiger partial charge in [0.2, 0.25) is 0 Å². The van der Waals surface area contributed by atoms with Gasteiger partial charge in [0, 0.05) is 50.4 Å². The van der Waals surface area contributed by atoms with Crippen molar-refractivity contribution in [2.24, 2.45) is 0 Å². The number of amides is 1. The molecule has 2 aliphatic heterocycles. The lowest BCUT2D eigenvalue weighted by molar-refractivity contribution is 0.0628. The summed E-state index contributed by atoms with van der Waals surface area (Å²) in [6.07, 6.45) is 2.83. The summed E-state index contributed by atoms with van der Waals surface area (Å²) in [4.78, 5) is 21.9. The van der Waals surface area contributed by atoms with E-state index in [1.807, 2.05) is 58.3 Å². The van der Waals surface area contributed by atoms with Crippen LogP contribution in [0, 0.1) is 0 Å². The molecule has 0 N–H and O–H groups in total. The van der Waals surface area contributed by atoms with Gasteiger partial charge >= 0.3 is 0 Å². The number of hydrogen-bond donors (Lipinski definition) is 0. The molecule has 3 heterocycles. The van der Waals surface area contributed by atoms with Gasteiger partial charge in [-0.1, -0.05) is 24.3 Å². The Balaban J connectivity index is 1.09. The Labute approximate surface area is 193 Å². The number of rotatable bonds is 4. The molecular formula is C27H26N4O2. The maximum atomic E-state index is 13.1. The predicted octanol–water partition coefficient (Wildman–Crippen LogP) is 3.92. The molecule has 0 atom stereocenters. The molecule has 166 valence electrons. The zero-order chi connectivity index (χ0) is 22.2. The summed E-state index contributed by atoms with van der Waals surface area (Å²) in [6.45, 7) is 4.99. The second-order valence-electron chi connectivity index (χ2n) is 8.76. The largest absolute Gasteiger partial charge is 0.493 e. The predicted molar refractivity (Wildman–Crippen MR) is 128 cm³/mol. The van der Waals surface area contributed by atoms with E-state index in [9.17, 15) is 4.79 Å². The van der Waals surface area contributed by atoms with Crippen molar-refractivity contribution in [1.82, 2.24) is 19.4 Å². The van der Waals surface area contributed by atoms with Crippen LogP contribution in [0.4, 0.5) is 0 Å². The summed E-state index contributed by atoms with van der Waals surface area (Å²) in [5, 5.41) is 0. The van der Waals surface area contributed by atoms with Gasteiger partial charge in [-0.05, 0) is 53.6 Å². The van der Waals surface area contributed by atoms with Gasteiger partial charge in [-0.15, -0.1) is 0 Å². The molecule has 3 aromatic carbocycles. The Morgan fingerprint density at radius 1 is 0.939 bits per heavy atom. The zero-order valence-electron chi connectivity index (χ0n) is 18.5. The van der Waals surface area contributed by atoms with Crippen LogP contribution in [-0.4, -0.2) is 58.0 Å². The second-order valence-corrected chi connectivity index (χ2v) is 8.76. The number of hydrogen-bond acceptors (Lipinski definition) is 4. The number of carbonyl (C=O) groups excluding carboxylic acids is 1. The first-order chi connectivity index (χ1) is 16.2. The third-order valence-electron chi connectivity index (χ3n) is 6.67. The molecule has 6 heteroatoms. The van der Waals surface area contributed by atoms with Gasteiger partial charge in [-0.3, -0.25) is 14.3 Å². The van der Waals surface area contributed by atoms with Gasteiger partial charge in [0.05, 0.1) is 17.6 Å². The molecule has 0 radical (unpaired) electrons. The van der Waals surface area contributed by atoms with Crippen LogP contribution in [-0.2, 0) is 13.0 Å². The number of benzene rings is 3. The van der Waals surface area contributed by atoms with Crippen molar-refractivity contribution < 1.29 is 9.53 Å². The van der Waals surface area contributed by atoms with Crippen molar-refractivity contribution in [2.45, 2.75) is 13.0 Å². The molecule has 0 spiro atoms. The molecule has 0 bridgehead atoms. The molecule has 2 aliphatic rings. The zero-order valence-corrected chi connectivity index (χ0v) is 18.5. The van der Waals surface area contributed by atoms with Crippen LogP contribution in [0.15, 0.2) is 73.1 Å². The standard InChI is InChI=1S/C27H26N4O2/c32-27(21-6-8-23(9-7-21)31-19-28-24-3-1-2-4-25(24)31)30-14-12-29(13-15-30)18-20-5-10-26-22(17-20)11-16-33-26/h1-10,17,19H,11-16,18H2. The Bertz CT molecular complexity index is 1300. The highest BCUT2D eigenvalue weighted by Crippen LogP contribution is 2.26.